The van der Waals surface area contributed by atoms with Gasteiger partial charge in [-0.2, -0.15) is 0 Å². The lowest BCUT2D eigenvalue weighted by Crippen LogP contribution is -2.46. The van der Waals surface area contributed by atoms with Gasteiger partial charge in [0.25, 0.3) is 5.91 Å². The van der Waals surface area contributed by atoms with Crippen molar-refractivity contribution in [3.63, 3.8) is 0 Å². The lowest BCUT2D eigenvalue weighted by molar-refractivity contribution is 0.0731. The van der Waals surface area contributed by atoms with Crippen LogP contribution in [0.1, 0.15) is 10.5 Å². The zero-order valence-corrected chi connectivity index (χ0v) is 15.4. The Kier molecular flexibility index (Phi) is 4.83. The maximum atomic E-state index is 13.1. The van der Waals surface area contributed by atoms with Gasteiger partial charge in [0, 0.05) is 36.8 Å². The molecular formula is C20H19ClN4O2. The summed E-state index contributed by atoms with van der Waals surface area (Å²) in [5.41, 5.74) is 1.95. The van der Waals surface area contributed by atoms with E-state index in [1.807, 2.05) is 42.5 Å². The van der Waals surface area contributed by atoms with Crippen LogP contribution in [0.25, 0.3) is 16.9 Å². The van der Waals surface area contributed by atoms with Gasteiger partial charge >= 0.3 is 5.69 Å². The van der Waals surface area contributed by atoms with Crippen LogP contribution in [0.4, 0.5) is 0 Å². The maximum absolute atomic E-state index is 13.1. The molecule has 3 aromatic rings. The Hall–Kier alpha value is -2.83. The molecule has 1 aliphatic rings. The molecule has 138 valence electrons. The number of hydrogen-bond acceptors (Lipinski definition) is 3. The third-order valence-electron chi connectivity index (χ3n) is 4.65. The van der Waals surface area contributed by atoms with E-state index in [4.69, 9.17) is 11.6 Å². The summed E-state index contributed by atoms with van der Waals surface area (Å²) in [7, 11) is 0. The summed E-state index contributed by atoms with van der Waals surface area (Å²) in [6.07, 6.45) is 0. The summed E-state index contributed by atoms with van der Waals surface area (Å²) in [6.45, 7) is 2.70. The molecule has 1 aliphatic heterocycles. The fraction of sp³-hybridized carbons (Fsp3) is 0.200. The molecule has 1 fully saturated rings. The number of rotatable bonds is 3. The van der Waals surface area contributed by atoms with Gasteiger partial charge in [0.15, 0.2) is 0 Å². The molecule has 2 aromatic carbocycles. The number of aromatic nitrogens is 2. The van der Waals surface area contributed by atoms with E-state index < -0.39 is 0 Å². The summed E-state index contributed by atoms with van der Waals surface area (Å²) < 4.78 is 1.54. The first-order chi connectivity index (χ1) is 13.1. The van der Waals surface area contributed by atoms with E-state index >= 15 is 0 Å². The molecule has 1 amide bonds. The third kappa shape index (κ3) is 3.41. The summed E-state index contributed by atoms with van der Waals surface area (Å²) in [5, 5.41) is 3.83. The van der Waals surface area contributed by atoms with Gasteiger partial charge in [-0.1, -0.05) is 41.9 Å². The van der Waals surface area contributed by atoms with Crippen LogP contribution in [0.3, 0.4) is 0 Å². The average molecular weight is 383 g/mol. The molecular weight excluding hydrogens is 364 g/mol. The van der Waals surface area contributed by atoms with E-state index in [1.54, 1.807) is 21.6 Å². The number of aromatic amines is 1. The van der Waals surface area contributed by atoms with Crippen molar-refractivity contribution in [1.29, 1.82) is 0 Å². The Morgan fingerprint density at radius 2 is 1.63 bits per heavy atom. The van der Waals surface area contributed by atoms with E-state index in [-0.39, 0.29) is 11.6 Å². The van der Waals surface area contributed by atoms with Crippen LogP contribution in [0.5, 0.6) is 0 Å². The zero-order valence-electron chi connectivity index (χ0n) is 14.6. The number of carbonyl (C=O) groups is 1. The lowest BCUT2D eigenvalue weighted by atomic mass is 10.1. The van der Waals surface area contributed by atoms with Crippen LogP contribution in [-0.4, -0.2) is 46.5 Å². The Labute approximate surface area is 161 Å². The van der Waals surface area contributed by atoms with Crippen molar-refractivity contribution in [2.45, 2.75) is 0 Å². The minimum atomic E-state index is -0.343. The predicted octanol–water partition coefficient (Wildman–Crippen LogP) is 2.53. The number of nitrogens with one attached hydrogen (secondary N) is 2. The Balaban J connectivity index is 1.90. The molecule has 27 heavy (non-hydrogen) atoms. The summed E-state index contributed by atoms with van der Waals surface area (Å²) in [6, 6.07) is 16.4. The first kappa shape index (κ1) is 17.6. The average Bonchev–Trinajstić information content (AvgIpc) is 3.06. The van der Waals surface area contributed by atoms with Gasteiger partial charge in [-0.3, -0.25) is 9.36 Å². The normalized spacial score (nSPS) is 14.3. The monoisotopic (exact) mass is 382 g/mol. The number of amides is 1. The van der Waals surface area contributed by atoms with E-state index in [1.165, 1.54) is 0 Å². The van der Waals surface area contributed by atoms with Gasteiger partial charge in [-0.05, 0) is 24.3 Å². The molecule has 2 N–H and O–H groups in total. The molecule has 1 aromatic heterocycles. The Morgan fingerprint density at radius 3 is 2.30 bits per heavy atom. The molecule has 0 radical (unpaired) electrons. The summed E-state index contributed by atoms with van der Waals surface area (Å²) in [4.78, 5) is 30.5. The van der Waals surface area contributed by atoms with Crippen molar-refractivity contribution in [2.75, 3.05) is 26.2 Å². The second kappa shape index (κ2) is 7.42. The zero-order chi connectivity index (χ0) is 18.8. The number of carbonyl (C=O) groups excluding carboxylic acids is 1. The third-order valence-corrected chi connectivity index (χ3v) is 4.90. The van der Waals surface area contributed by atoms with Crippen LogP contribution >= 0.6 is 11.6 Å². The molecule has 0 atom stereocenters. The van der Waals surface area contributed by atoms with Crippen LogP contribution < -0.4 is 11.0 Å². The van der Waals surface area contributed by atoms with E-state index in [9.17, 15) is 9.59 Å². The smallest absolute Gasteiger partial charge is 0.331 e. The Morgan fingerprint density at radius 1 is 0.963 bits per heavy atom. The standard InChI is InChI=1S/C20H19ClN4O2/c21-15-8-6-14(7-9-15)18-17(19(26)24-12-10-22-11-13-24)23-20(27)25(18)16-4-2-1-3-5-16/h1-9,22H,10-13H2,(H,23,27). The molecule has 0 unspecified atom stereocenters. The van der Waals surface area contributed by atoms with Crippen molar-refractivity contribution in [1.82, 2.24) is 19.8 Å². The molecule has 1 saturated heterocycles. The van der Waals surface area contributed by atoms with Crippen molar-refractivity contribution in [2.24, 2.45) is 0 Å². The minimum absolute atomic E-state index is 0.173. The highest BCUT2D eigenvalue weighted by atomic mass is 35.5. The van der Waals surface area contributed by atoms with Gasteiger partial charge < -0.3 is 15.2 Å². The van der Waals surface area contributed by atoms with Gasteiger partial charge in [0.2, 0.25) is 0 Å². The van der Waals surface area contributed by atoms with Crippen LogP contribution in [0.2, 0.25) is 5.02 Å². The van der Waals surface area contributed by atoms with E-state index in [0.717, 1.165) is 18.7 Å². The first-order valence-electron chi connectivity index (χ1n) is 8.81. The van der Waals surface area contributed by atoms with Crippen molar-refractivity contribution in [3.05, 3.63) is 75.8 Å². The highest BCUT2D eigenvalue weighted by molar-refractivity contribution is 6.30. The highest BCUT2D eigenvalue weighted by Gasteiger charge is 2.26. The number of piperazine rings is 1. The number of benzene rings is 2. The van der Waals surface area contributed by atoms with Gasteiger partial charge in [0.1, 0.15) is 5.69 Å². The molecule has 7 heteroatoms. The number of halogens is 1. The molecule has 4 rings (SSSR count). The summed E-state index contributed by atoms with van der Waals surface area (Å²) >= 11 is 6.03. The fourth-order valence-corrected chi connectivity index (χ4v) is 3.45. The van der Waals surface area contributed by atoms with Crippen molar-refractivity contribution < 1.29 is 4.79 Å². The first-order valence-corrected chi connectivity index (χ1v) is 9.19. The van der Waals surface area contributed by atoms with Gasteiger partial charge in [-0.25, -0.2) is 4.79 Å². The van der Waals surface area contributed by atoms with E-state index in [0.29, 0.717) is 35.2 Å². The second-order valence-electron chi connectivity index (χ2n) is 6.37. The quantitative estimate of drug-likeness (QED) is 0.731. The SMILES string of the molecule is O=C(c1[nH]c(=O)n(-c2ccccc2)c1-c1ccc(Cl)cc1)N1CCNCC1. The van der Waals surface area contributed by atoms with E-state index in [2.05, 4.69) is 10.3 Å². The molecule has 0 bridgehead atoms. The number of H-pyrrole nitrogens is 1. The predicted molar refractivity (Wildman–Crippen MR) is 106 cm³/mol. The maximum Gasteiger partial charge on any atom is 0.331 e. The molecule has 2 heterocycles. The van der Waals surface area contributed by atoms with Crippen LogP contribution in [0, 0.1) is 0 Å². The van der Waals surface area contributed by atoms with Gasteiger partial charge in [-0.15, -0.1) is 0 Å². The highest BCUT2D eigenvalue weighted by Crippen LogP contribution is 2.27. The molecule has 0 aliphatic carbocycles. The Bertz CT molecular complexity index is 1000. The molecule has 6 nitrogen and oxygen atoms in total. The number of imidazole rings is 1. The molecule has 0 spiro atoms. The number of hydrogen-bond donors (Lipinski definition) is 2. The number of nitrogens with zero attached hydrogens (tertiary/aromatic N) is 2. The minimum Gasteiger partial charge on any atom is -0.335 e. The topological polar surface area (TPSA) is 70.1 Å². The molecule has 0 saturated carbocycles. The number of para-hydroxylation sites is 1. The van der Waals surface area contributed by atoms with Crippen molar-refractivity contribution >= 4 is 17.5 Å². The van der Waals surface area contributed by atoms with Crippen LogP contribution in [0.15, 0.2) is 59.4 Å². The lowest BCUT2D eigenvalue weighted by Gasteiger charge is -2.27. The van der Waals surface area contributed by atoms with Crippen molar-refractivity contribution in [3.8, 4) is 16.9 Å². The van der Waals surface area contributed by atoms with Gasteiger partial charge in [0.05, 0.1) is 11.4 Å². The second-order valence-corrected chi connectivity index (χ2v) is 6.81. The summed E-state index contributed by atoms with van der Waals surface area (Å²) in [5.74, 6) is -0.173. The fourth-order valence-electron chi connectivity index (χ4n) is 3.32. The van der Waals surface area contributed by atoms with Crippen LogP contribution in [-0.2, 0) is 0 Å². The largest absolute Gasteiger partial charge is 0.335 e.